The molecule has 0 amide bonds. The Kier molecular flexibility index (Phi) is 9.79. The summed E-state index contributed by atoms with van der Waals surface area (Å²) in [5, 5.41) is 9.17. The normalized spacial score (nSPS) is 19.1. The van der Waals surface area contributed by atoms with Gasteiger partial charge in [0.25, 0.3) is 0 Å². The van der Waals surface area contributed by atoms with Crippen molar-refractivity contribution in [1.82, 2.24) is 5.01 Å². The molecule has 0 spiro atoms. The number of hydrazone groups is 1. The predicted octanol–water partition coefficient (Wildman–Crippen LogP) is 4.01. The molecule has 0 aromatic heterocycles. The number of halogens is 1. The number of fused-ring (bicyclic) bond motifs is 1. The first-order valence-electron chi connectivity index (χ1n) is 9.59. The number of rotatable bonds is 5. The fraction of sp³-hybridized carbons (Fsp3) is 0.364. The van der Waals surface area contributed by atoms with E-state index in [-0.39, 0.29) is 11.9 Å². The van der Waals surface area contributed by atoms with E-state index in [4.69, 9.17) is 15.6 Å². The molecule has 3 rings (SSSR count). The smallest absolute Gasteiger partial charge is 0.123 e. The van der Waals surface area contributed by atoms with Crippen LogP contribution in [0, 0.1) is 11.7 Å². The molecule has 7 heteroatoms. The number of aldehydes is 1. The van der Waals surface area contributed by atoms with Crippen molar-refractivity contribution in [3.05, 3.63) is 65.5 Å². The predicted molar refractivity (Wildman–Crippen MR) is 125 cm³/mol. The highest BCUT2D eigenvalue weighted by atomic mass is 32.2. The lowest BCUT2D eigenvalue weighted by molar-refractivity contribution is -0.106. The van der Waals surface area contributed by atoms with Crippen molar-refractivity contribution in [2.75, 3.05) is 26.0 Å². The SMILES string of the molecule is CC=O.CS/C(=N\N(C)C1c2ccccc2PCC1CCN)c1cccc(F)c1. The van der Waals surface area contributed by atoms with Crippen LogP contribution in [0.1, 0.15) is 30.5 Å². The van der Waals surface area contributed by atoms with Crippen LogP contribution in [0.4, 0.5) is 4.39 Å². The Morgan fingerprint density at radius 2 is 2.07 bits per heavy atom. The van der Waals surface area contributed by atoms with Crippen molar-refractivity contribution in [2.45, 2.75) is 19.4 Å². The van der Waals surface area contributed by atoms with Gasteiger partial charge in [-0.05, 0) is 61.2 Å². The molecule has 1 heterocycles. The van der Waals surface area contributed by atoms with Gasteiger partial charge in [-0.2, -0.15) is 5.10 Å². The van der Waals surface area contributed by atoms with Gasteiger partial charge in [0.2, 0.25) is 0 Å². The number of benzene rings is 2. The highest BCUT2D eigenvalue weighted by Crippen LogP contribution is 2.39. The number of nitrogens with zero attached hydrogens (tertiary/aromatic N) is 2. The monoisotopic (exact) mass is 433 g/mol. The summed E-state index contributed by atoms with van der Waals surface area (Å²) >= 11 is 1.54. The molecule has 1 aliphatic heterocycles. The Hall–Kier alpha value is -1.75. The van der Waals surface area contributed by atoms with Gasteiger partial charge >= 0.3 is 0 Å². The quantitative estimate of drug-likeness (QED) is 0.255. The minimum atomic E-state index is -0.239. The molecular formula is C22H29FN3OPS. The fourth-order valence-electron chi connectivity index (χ4n) is 3.55. The minimum Gasteiger partial charge on any atom is -0.330 e. The topological polar surface area (TPSA) is 58.7 Å². The summed E-state index contributed by atoms with van der Waals surface area (Å²) in [6.45, 7) is 2.13. The van der Waals surface area contributed by atoms with Gasteiger partial charge < -0.3 is 10.5 Å². The number of carbonyl (C=O) groups excluding carboxylic acids is 1. The maximum atomic E-state index is 13.6. The Bertz CT molecular complexity index is 833. The lowest BCUT2D eigenvalue weighted by Crippen LogP contribution is -2.36. The maximum absolute atomic E-state index is 13.6. The average molecular weight is 434 g/mol. The summed E-state index contributed by atoms with van der Waals surface area (Å²) in [7, 11) is 2.85. The van der Waals surface area contributed by atoms with Gasteiger partial charge in [-0.1, -0.05) is 45.0 Å². The lowest BCUT2D eigenvalue weighted by Gasteiger charge is -2.38. The molecule has 0 radical (unpaired) electrons. The Morgan fingerprint density at radius 1 is 1.34 bits per heavy atom. The molecular weight excluding hydrogens is 404 g/mol. The second kappa shape index (κ2) is 12.1. The Labute approximate surface area is 178 Å². The third-order valence-corrected chi connectivity index (χ3v) is 7.00. The van der Waals surface area contributed by atoms with E-state index in [1.165, 1.54) is 41.7 Å². The van der Waals surface area contributed by atoms with E-state index in [9.17, 15) is 4.39 Å². The molecule has 29 heavy (non-hydrogen) atoms. The second-order valence-corrected chi connectivity index (χ2v) is 8.77. The minimum absolute atomic E-state index is 0.201. The van der Waals surface area contributed by atoms with Crippen LogP contribution in [0.25, 0.3) is 0 Å². The molecule has 2 N–H and O–H groups in total. The zero-order valence-electron chi connectivity index (χ0n) is 17.1. The second-order valence-electron chi connectivity index (χ2n) is 6.68. The summed E-state index contributed by atoms with van der Waals surface area (Å²) < 4.78 is 13.6. The standard InChI is InChI=1S/C20H25FN3PS.C2H4O/c1-24(23-20(26-2)14-6-5-7-16(21)12-14)19-15(10-11-22)13-25-18-9-4-3-8-17(18)19;1-2-3/h3-9,12,15,19,25H,10-11,13,22H2,1-2H3;2H,1H3/b23-20-;. The first kappa shape index (κ1) is 23.5. The molecule has 0 saturated carbocycles. The van der Waals surface area contributed by atoms with Crippen LogP contribution >= 0.6 is 20.3 Å². The molecule has 156 valence electrons. The van der Waals surface area contributed by atoms with Gasteiger partial charge in [-0.25, -0.2) is 4.39 Å². The van der Waals surface area contributed by atoms with Gasteiger partial charge in [0.1, 0.15) is 17.1 Å². The molecule has 0 saturated heterocycles. The zero-order valence-corrected chi connectivity index (χ0v) is 19.0. The van der Waals surface area contributed by atoms with Crippen molar-refractivity contribution in [1.29, 1.82) is 0 Å². The maximum Gasteiger partial charge on any atom is 0.123 e. The van der Waals surface area contributed by atoms with E-state index >= 15 is 0 Å². The average Bonchev–Trinajstić information content (AvgIpc) is 2.72. The van der Waals surface area contributed by atoms with Crippen molar-refractivity contribution in [2.24, 2.45) is 16.8 Å². The number of carbonyl (C=O) groups is 1. The number of hydrogen-bond acceptors (Lipinski definition) is 5. The van der Waals surface area contributed by atoms with Crippen LogP contribution in [0.15, 0.2) is 53.6 Å². The summed E-state index contributed by atoms with van der Waals surface area (Å²) in [6, 6.07) is 15.5. The first-order chi connectivity index (χ1) is 14.0. The van der Waals surface area contributed by atoms with Crippen molar-refractivity contribution >= 4 is 37.0 Å². The molecule has 3 unspecified atom stereocenters. The fourth-order valence-corrected chi connectivity index (χ4v) is 5.68. The van der Waals surface area contributed by atoms with Gasteiger partial charge in [0.15, 0.2) is 0 Å². The zero-order chi connectivity index (χ0) is 21.2. The van der Waals surface area contributed by atoms with Crippen LogP contribution in [0.3, 0.4) is 0 Å². The Balaban J connectivity index is 0.000000941. The van der Waals surface area contributed by atoms with E-state index in [1.807, 2.05) is 19.4 Å². The van der Waals surface area contributed by atoms with Gasteiger partial charge in [-0.3, -0.25) is 5.01 Å². The lowest BCUT2D eigenvalue weighted by atomic mass is 9.91. The highest BCUT2D eigenvalue weighted by Gasteiger charge is 2.32. The summed E-state index contributed by atoms with van der Waals surface area (Å²) in [5.41, 5.74) is 8.04. The number of hydrogen-bond donors (Lipinski definition) is 1. The molecule has 2 aromatic carbocycles. The van der Waals surface area contributed by atoms with Crippen molar-refractivity contribution in [3.8, 4) is 0 Å². The Morgan fingerprint density at radius 3 is 2.72 bits per heavy atom. The number of nitrogens with two attached hydrogens (primary N) is 1. The third kappa shape index (κ3) is 6.36. The van der Waals surface area contributed by atoms with Gasteiger partial charge in [0, 0.05) is 12.6 Å². The van der Waals surface area contributed by atoms with Crippen LogP contribution in [-0.4, -0.2) is 42.3 Å². The summed E-state index contributed by atoms with van der Waals surface area (Å²) in [4.78, 5) is 8.81. The van der Waals surface area contributed by atoms with E-state index in [1.54, 1.807) is 6.07 Å². The molecule has 0 aliphatic carbocycles. The van der Waals surface area contributed by atoms with Crippen LogP contribution < -0.4 is 11.0 Å². The molecule has 2 aromatic rings. The molecule has 0 bridgehead atoms. The van der Waals surface area contributed by atoms with Crippen molar-refractivity contribution < 1.29 is 9.18 Å². The van der Waals surface area contributed by atoms with Crippen LogP contribution in [0.5, 0.6) is 0 Å². The van der Waals surface area contributed by atoms with Crippen molar-refractivity contribution in [3.63, 3.8) is 0 Å². The van der Waals surface area contributed by atoms with Gasteiger partial charge in [0.05, 0.1) is 6.04 Å². The first-order valence-corrected chi connectivity index (χ1v) is 12.0. The molecule has 0 fully saturated rings. The highest BCUT2D eigenvalue weighted by molar-refractivity contribution is 8.13. The van der Waals surface area contributed by atoms with Gasteiger partial charge in [-0.15, -0.1) is 11.8 Å². The van der Waals surface area contributed by atoms with Crippen LogP contribution in [0.2, 0.25) is 0 Å². The van der Waals surface area contributed by atoms with Crippen LogP contribution in [-0.2, 0) is 4.79 Å². The van der Waals surface area contributed by atoms with E-state index < -0.39 is 0 Å². The summed E-state index contributed by atoms with van der Waals surface area (Å²) in [6.07, 6.45) is 4.86. The molecule has 1 aliphatic rings. The van der Waals surface area contributed by atoms with E-state index in [2.05, 4.69) is 29.3 Å². The number of thioether (sulfide) groups is 1. The van der Waals surface area contributed by atoms with E-state index in [0.29, 0.717) is 12.5 Å². The van der Waals surface area contributed by atoms with E-state index in [0.717, 1.165) is 38.1 Å². The largest absolute Gasteiger partial charge is 0.330 e. The third-order valence-electron chi connectivity index (χ3n) is 4.73. The molecule has 3 atom stereocenters. The summed E-state index contributed by atoms with van der Waals surface area (Å²) in [5.74, 6) is 0.245. The molecule has 4 nitrogen and oxygen atoms in total.